The van der Waals surface area contributed by atoms with Gasteiger partial charge >= 0.3 is 23.2 Å². The summed E-state index contributed by atoms with van der Waals surface area (Å²) in [5, 5.41) is 3.51. The molecule has 1 amide bonds. The Morgan fingerprint density at radius 1 is 0.712 bits per heavy atom. The molecule has 0 aliphatic carbocycles. The molecular weight excluding hydrogens is 666 g/mol. The van der Waals surface area contributed by atoms with Crippen molar-refractivity contribution in [1.82, 2.24) is 5.32 Å². The van der Waals surface area contributed by atoms with E-state index < -0.39 is 46.8 Å². The van der Waals surface area contributed by atoms with Gasteiger partial charge in [-0.05, 0) is 89.1 Å². The molecule has 0 aliphatic heterocycles. The van der Waals surface area contributed by atoms with Gasteiger partial charge in [0.1, 0.15) is 22.3 Å². The van der Waals surface area contributed by atoms with Crippen molar-refractivity contribution in [2.75, 3.05) is 43.1 Å². The first-order valence-electron chi connectivity index (χ1n) is 17.2. The summed E-state index contributed by atoms with van der Waals surface area (Å²) < 4.78 is 22.1. The third-order valence-electron chi connectivity index (χ3n) is 9.17. The number of amides is 1. The lowest BCUT2D eigenvalue weighted by Gasteiger charge is -2.27. The van der Waals surface area contributed by atoms with E-state index in [2.05, 4.69) is 15.1 Å². The van der Waals surface area contributed by atoms with Crippen LogP contribution in [-0.2, 0) is 14.3 Å². The fourth-order valence-corrected chi connectivity index (χ4v) is 6.31. The van der Waals surface area contributed by atoms with Gasteiger partial charge in [-0.3, -0.25) is 4.79 Å². The van der Waals surface area contributed by atoms with E-state index >= 15 is 0 Å². The first-order valence-corrected chi connectivity index (χ1v) is 17.2. The molecule has 272 valence electrons. The van der Waals surface area contributed by atoms with E-state index in [4.69, 9.17) is 18.3 Å². The van der Waals surface area contributed by atoms with Crippen LogP contribution in [0.4, 0.5) is 11.4 Å². The number of rotatable bonds is 13. The minimum absolute atomic E-state index is 0.287. The summed E-state index contributed by atoms with van der Waals surface area (Å²) in [6, 6.07) is 17.0. The molecule has 52 heavy (non-hydrogen) atoms. The van der Waals surface area contributed by atoms with Gasteiger partial charge in [0.05, 0.1) is 7.11 Å². The zero-order valence-electron chi connectivity index (χ0n) is 30.4. The van der Waals surface area contributed by atoms with Gasteiger partial charge in [-0.2, -0.15) is 0 Å². The molecule has 0 saturated carbocycles. The van der Waals surface area contributed by atoms with E-state index in [9.17, 15) is 24.0 Å². The molecule has 5 aromatic rings. The molecule has 0 fully saturated rings. The first kappa shape index (κ1) is 37.3. The Kier molecular flexibility index (Phi) is 11.5. The lowest BCUT2D eigenvalue weighted by atomic mass is 9.95. The maximum Gasteiger partial charge on any atom is 0.351 e. The molecule has 0 saturated heterocycles. The number of benzene rings is 3. The highest BCUT2D eigenvalue weighted by Gasteiger charge is 2.38. The third-order valence-corrected chi connectivity index (χ3v) is 9.17. The van der Waals surface area contributed by atoms with Crippen LogP contribution in [0, 0.1) is 13.8 Å². The molecule has 0 spiro atoms. The van der Waals surface area contributed by atoms with Crippen molar-refractivity contribution in [3.05, 3.63) is 115 Å². The molecule has 12 nitrogen and oxygen atoms in total. The molecule has 2 aromatic heterocycles. The molecule has 0 radical (unpaired) electrons. The maximum atomic E-state index is 13.8. The first-order chi connectivity index (χ1) is 24.9. The number of anilines is 2. The van der Waals surface area contributed by atoms with Crippen molar-refractivity contribution < 1.29 is 32.7 Å². The van der Waals surface area contributed by atoms with Gasteiger partial charge in [0.2, 0.25) is 0 Å². The summed E-state index contributed by atoms with van der Waals surface area (Å²) in [6.07, 6.45) is -1.49. The van der Waals surface area contributed by atoms with Gasteiger partial charge < -0.3 is 33.4 Å². The Hall–Kier alpha value is -5.91. The van der Waals surface area contributed by atoms with Crippen LogP contribution >= 0.6 is 0 Å². The van der Waals surface area contributed by atoms with Crippen molar-refractivity contribution in [2.45, 2.75) is 53.7 Å². The molecule has 1 N–H and O–H groups in total. The van der Waals surface area contributed by atoms with E-state index in [0.29, 0.717) is 21.9 Å². The number of fused-ring (bicyclic) bond motifs is 2. The Balaban J connectivity index is 1.53. The maximum absolute atomic E-state index is 13.8. The predicted octanol–water partition coefficient (Wildman–Crippen LogP) is 6.08. The number of carbonyl (C=O) groups excluding carboxylic acids is 3. The number of nitrogens with one attached hydrogen (secondary N) is 1. The third kappa shape index (κ3) is 7.70. The molecule has 0 aliphatic rings. The van der Waals surface area contributed by atoms with E-state index in [0.717, 1.165) is 50.2 Å². The lowest BCUT2D eigenvalue weighted by Crippen LogP contribution is -2.48. The Morgan fingerprint density at radius 2 is 1.23 bits per heavy atom. The predicted molar refractivity (Wildman–Crippen MR) is 199 cm³/mol. The van der Waals surface area contributed by atoms with Crippen molar-refractivity contribution in [3.63, 3.8) is 0 Å². The standard InChI is InChI=1S/C40H43N3O9/c1-8-42(9-2)27-15-13-25-19-30(37(45)50-32(25)21-27)36(44)41-34(40(48)49-7)35(29-17-12-23(5)18-24(29)6)52-39(47)31-20-26-14-16-28(43(10-3)11-4)22-33(26)51-38(31)46/h12-22,34-35H,8-11H2,1-7H3,(H,41,44)/t34-,35+/m0/s1. The number of esters is 2. The van der Waals surface area contributed by atoms with Gasteiger partial charge in [0.15, 0.2) is 12.1 Å². The lowest BCUT2D eigenvalue weighted by molar-refractivity contribution is -0.146. The molecule has 3 aromatic carbocycles. The van der Waals surface area contributed by atoms with Crippen LogP contribution in [-0.4, -0.2) is 57.2 Å². The van der Waals surface area contributed by atoms with Crippen molar-refractivity contribution in [2.24, 2.45) is 0 Å². The number of aryl methyl sites for hydroxylation is 2. The van der Waals surface area contributed by atoms with Crippen LogP contribution in [0.5, 0.6) is 0 Å². The summed E-state index contributed by atoms with van der Waals surface area (Å²) in [5.41, 5.74) is 1.51. The Labute approximate surface area is 300 Å². The number of hydrogen-bond donors (Lipinski definition) is 1. The van der Waals surface area contributed by atoms with Crippen LogP contribution in [0.15, 0.2) is 85.2 Å². The van der Waals surface area contributed by atoms with Crippen LogP contribution in [0.1, 0.15) is 71.2 Å². The average Bonchev–Trinajstić information content (AvgIpc) is 3.13. The second-order valence-corrected chi connectivity index (χ2v) is 12.3. The molecule has 2 heterocycles. The molecule has 12 heteroatoms. The molecule has 0 unspecified atom stereocenters. The van der Waals surface area contributed by atoms with E-state index in [1.807, 2.05) is 52.8 Å². The Morgan fingerprint density at radius 3 is 1.73 bits per heavy atom. The van der Waals surface area contributed by atoms with E-state index in [-0.39, 0.29) is 16.7 Å². The van der Waals surface area contributed by atoms with Gasteiger partial charge in [0, 0.05) is 60.5 Å². The number of hydrogen-bond acceptors (Lipinski definition) is 11. The van der Waals surface area contributed by atoms with Crippen LogP contribution in [0.25, 0.3) is 21.9 Å². The largest absolute Gasteiger partial charge is 0.467 e. The fraction of sp³-hybridized carbons (Fsp3) is 0.325. The second kappa shape index (κ2) is 16.0. The molecular formula is C40H43N3O9. The topological polar surface area (TPSA) is 149 Å². The van der Waals surface area contributed by atoms with Crippen LogP contribution < -0.4 is 26.4 Å². The molecule has 0 bridgehead atoms. The summed E-state index contributed by atoms with van der Waals surface area (Å²) in [7, 11) is 1.12. The minimum Gasteiger partial charge on any atom is -0.467 e. The zero-order chi connectivity index (χ0) is 37.7. The van der Waals surface area contributed by atoms with Crippen LogP contribution in [0.2, 0.25) is 0 Å². The summed E-state index contributed by atoms with van der Waals surface area (Å²) in [5.74, 6) is -3.01. The van der Waals surface area contributed by atoms with E-state index in [1.54, 1.807) is 43.3 Å². The average molecular weight is 710 g/mol. The quantitative estimate of drug-likeness (QED) is 0.112. The fourth-order valence-electron chi connectivity index (χ4n) is 6.31. The minimum atomic E-state index is -1.65. The normalized spacial score (nSPS) is 12.3. The van der Waals surface area contributed by atoms with E-state index in [1.165, 1.54) is 12.1 Å². The van der Waals surface area contributed by atoms with Crippen molar-refractivity contribution in [3.8, 4) is 0 Å². The smallest absolute Gasteiger partial charge is 0.351 e. The molecule has 2 atom stereocenters. The highest BCUT2D eigenvalue weighted by atomic mass is 16.6. The van der Waals surface area contributed by atoms with Gasteiger partial charge in [-0.25, -0.2) is 19.2 Å². The highest BCUT2D eigenvalue weighted by molar-refractivity contribution is 5.99. The number of nitrogens with zero attached hydrogens (tertiary/aromatic N) is 2. The highest BCUT2D eigenvalue weighted by Crippen LogP contribution is 2.29. The van der Waals surface area contributed by atoms with Gasteiger partial charge in [-0.15, -0.1) is 0 Å². The number of ether oxygens (including phenoxy) is 2. The van der Waals surface area contributed by atoms with Crippen LogP contribution in [0.3, 0.4) is 0 Å². The summed E-state index contributed by atoms with van der Waals surface area (Å²) in [6.45, 7) is 14.7. The Bertz CT molecular complexity index is 2250. The second-order valence-electron chi connectivity index (χ2n) is 12.3. The zero-order valence-corrected chi connectivity index (χ0v) is 30.4. The summed E-state index contributed by atoms with van der Waals surface area (Å²) >= 11 is 0. The number of carbonyl (C=O) groups is 3. The van der Waals surface area contributed by atoms with Crippen molar-refractivity contribution in [1.29, 1.82) is 0 Å². The van der Waals surface area contributed by atoms with Gasteiger partial charge in [0.25, 0.3) is 5.91 Å². The SMILES string of the molecule is CCN(CC)c1ccc2cc(C(=O)N[C@H](C(=O)OC)[C@H](OC(=O)c3cc4ccc(N(CC)CC)cc4oc3=O)c3ccc(C)cc3C)c(=O)oc2c1. The molecule has 5 rings (SSSR count). The monoisotopic (exact) mass is 709 g/mol. The number of methoxy groups -OCH3 is 1. The van der Waals surface area contributed by atoms with Gasteiger partial charge in [-0.1, -0.05) is 23.8 Å². The van der Waals surface area contributed by atoms with Crippen molar-refractivity contribution >= 4 is 51.2 Å². The summed E-state index contributed by atoms with van der Waals surface area (Å²) in [4.78, 5) is 71.5.